The van der Waals surface area contributed by atoms with Crippen LogP contribution < -0.4 is 19.5 Å². The number of halogens is 1. The average Bonchev–Trinajstić information content (AvgIpc) is 2.78. The summed E-state index contributed by atoms with van der Waals surface area (Å²) in [5.74, 6) is 1.91. The largest absolute Gasteiger partial charge is 0.497 e. The first-order valence-electron chi connectivity index (χ1n) is 10.2. The fraction of sp³-hybridized carbons (Fsp3) is 0.280. The second-order valence-electron chi connectivity index (χ2n) is 6.83. The third-order valence-corrected chi connectivity index (χ3v) is 4.76. The normalized spacial score (nSPS) is 10.6. The van der Waals surface area contributed by atoms with Crippen molar-refractivity contribution in [2.75, 3.05) is 20.3 Å². The molecule has 0 aliphatic carbocycles. The zero-order valence-electron chi connectivity index (χ0n) is 17.5. The first-order valence-corrected chi connectivity index (χ1v) is 10.2. The molecule has 0 heterocycles. The fourth-order valence-electron chi connectivity index (χ4n) is 3.15. The van der Waals surface area contributed by atoms with Crippen LogP contribution in [0, 0.1) is 5.82 Å². The van der Waals surface area contributed by atoms with Crippen LogP contribution in [0.4, 0.5) is 4.39 Å². The summed E-state index contributed by atoms with van der Waals surface area (Å²) in [6, 6.07) is 20.5. The van der Waals surface area contributed by atoms with Gasteiger partial charge in [-0.05, 0) is 49.7 Å². The van der Waals surface area contributed by atoms with Gasteiger partial charge in [0.2, 0.25) is 0 Å². The van der Waals surface area contributed by atoms with Crippen molar-refractivity contribution >= 4 is 0 Å². The zero-order valence-corrected chi connectivity index (χ0v) is 17.5. The first kappa shape index (κ1) is 21.7. The Bertz CT molecular complexity index is 928. The second kappa shape index (κ2) is 11.2. The van der Waals surface area contributed by atoms with Crippen LogP contribution in [-0.2, 0) is 19.6 Å². The van der Waals surface area contributed by atoms with Crippen LogP contribution in [0.3, 0.4) is 0 Å². The van der Waals surface area contributed by atoms with Crippen molar-refractivity contribution < 1.29 is 18.6 Å². The van der Waals surface area contributed by atoms with Crippen molar-refractivity contribution in [1.82, 2.24) is 5.32 Å². The summed E-state index contributed by atoms with van der Waals surface area (Å²) < 4.78 is 30.9. The van der Waals surface area contributed by atoms with Crippen LogP contribution in [0.25, 0.3) is 0 Å². The van der Waals surface area contributed by atoms with Crippen LogP contribution in [0.1, 0.15) is 23.6 Å². The van der Waals surface area contributed by atoms with Gasteiger partial charge in [-0.1, -0.05) is 42.5 Å². The van der Waals surface area contributed by atoms with Crippen LogP contribution in [0.5, 0.6) is 17.2 Å². The third kappa shape index (κ3) is 5.97. The molecule has 0 fully saturated rings. The quantitative estimate of drug-likeness (QED) is 0.445. The summed E-state index contributed by atoms with van der Waals surface area (Å²) in [6.45, 7) is 4.06. The summed E-state index contributed by atoms with van der Waals surface area (Å²) in [6.07, 6.45) is 0.903. The van der Waals surface area contributed by atoms with Gasteiger partial charge < -0.3 is 19.5 Å². The van der Waals surface area contributed by atoms with Gasteiger partial charge in [-0.2, -0.15) is 0 Å². The predicted molar refractivity (Wildman–Crippen MR) is 117 cm³/mol. The van der Waals surface area contributed by atoms with Crippen LogP contribution in [0.2, 0.25) is 0 Å². The van der Waals surface area contributed by atoms with E-state index in [4.69, 9.17) is 14.2 Å². The molecule has 0 radical (unpaired) electrons. The van der Waals surface area contributed by atoms with E-state index in [0.29, 0.717) is 30.2 Å². The molecule has 5 heteroatoms. The number of methoxy groups -OCH3 is 1. The summed E-state index contributed by atoms with van der Waals surface area (Å²) >= 11 is 0. The Morgan fingerprint density at radius 3 is 2.37 bits per heavy atom. The molecule has 0 saturated carbocycles. The summed E-state index contributed by atoms with van der Waals surface area (Å²) in [4.78, 5) is 0. The highest BCUT2D eigenvalue weighted by molar-refractivity contribution is 5.47. The minimum atomic E-state index is -0.273. The van der Waals surface area contributed by atoms with Gasteiger partial charge >= 0.3 is 0 Å². The Hall–Kier alpha value is -3.05. The van der Waals surface area contributed by atoms with E-state index in [1.807, 2.05) is 37.3 Å². The molecule has 0 unspecified atom stereocenters. The molecule has 0 aliphatic rings. The maximum atomic E-state index is 14.0. The number of benzene rings is 3. The highest BCUT2D eigenvalue weighted by Gasteiger charge is 2.12. The van der Waals surface area contributed by atoms with E-state index in [2.05, 4.69) is 17.4 Å². The third-order valence-electron chi connectivity index (χ3n) is 4.76. The van der Waals surface area contributed by atoms with Gasteiger partial charge in [0, 0.05) is 17.7 Å². The maximum absolute atomic E-state index is 14.0. The number of rotatable bonds is 11. The summed E-state index contributed by atoms with van der Waals surface area (Å²) in [5.41, 5.74) is 2.73. The van der Waals surface area contributed by atoms with Crippen molar-refractivity contribution in [3.63, 3.8) is 0 Å². The van der Waals surface area contributed by atoms with E-state index >= 15 is 0 Å². The number of para-hydroxylation sites is 1. The van der Waals surface area contributed by atoms with E-state index < -0.39 is 0 Å². The van der Waals surface area contributed by atoms with Gasteiger partial charge in [-0.15, -0.1) is 0 Å². The molecular weight excluding hydrogens is 381 g/mol. The molecule has 3 aromatic carbocycles. The number of hydrogen-bond acceptors (Lipinski definition) is 4. The zero-order chi connectivity index (χ0) is 21.2. The van der Waals surface area contributed by atoms with Crippen LogP contribution in [-0.4, -0.2) is 20.3 Å². The highest BCUT2D eigenvalue weighted by atomic mass is 19.1. The molecule has 0 amide bonds. The topological polar surface area (TPSA) is 39.7 Å². The van der Waals surface area contributed by atoms with Crippen molar-refractivity contribution in [3.8, 4) is 17.2 Å². The molecule has 3 rings (SSSR count). The van der Waals surface area contributed by atoms with E-state index in [1.165, 1.54) is 11.6 Å². The average molecular weight is 410 g/mol. The molecular formula is C25H28FNO3. The van der Waals surface area contributed by atoms with Crippen molar-refractivity contribution in [1.29, 1.82) is 0 Å². The number of hydrogen-bond donors (Lipinski definition) is 1. The lowest BCUT2D eigenvalue weighted by Gasteiger charge is -2.17. The molecule has 0 aromatic heterocycles. The maximum Gasteiger partial charge on any atom is 0.166 e. The number of nitrogens with one attached hydrogen (secondary N) is 1. The second-order valence-corrected chi connectivity index (χ2v) is 6.83. The van der Waals surface area contributed by atoms with E-state index in [-0.39, 0.29) is 12.4 Å². The molecule has 0 saturated heterocycles. The summed E-state index contributed by atoms with van der Waals surface area (Å²) in [7, 11) is 1.67. The van der Waals surface area contributed by atoms with Gasteiger partial charge in [0.15, 0.2) is 11.5 Å². The number of ether oxygens (including phenoxy) is 3. The van der Waals surface area contributed by atoms with E-state index in [9.17, 15) is 4.39 Å². The Morgan fingerprint density at radius 2 is 1.63 bits per heavy atom. The van der Waals surface area contributed by atoms with E-state index in [0.717, 1.165) is 24.3 Å². The van der Waals surface area contributed by atoms with Gasteiger partial charge in [0.05, 0.1) is 13.7 Å². The van der Waals surface area contributed by atoms with Gasteiger partial charge in [0.1, 0.15) is 18.2 Å². The molecule has 4 nitrogen and oxygen atoms in total. The monoisotopic (exact) mass is 409 g/mol. The van der Waals surface area contributed by atoms with Gasteiger partial charge in [0.25, 0.3) is 0 Å². The molecule has 0 atom stereocenters. The Kier molecular flexibility index (Phi) is 8.10. The van der Waals surface area contributed by atoms with Crippen molar-refractivity contribution in [3.05, 3.63) is 89.2 Å². The van der Waals surface area contributed by atoms with Gasteiger partial charge in [-0.25, -0.2) is 4.39 Å². The predicted octanol–water partition coefficient (Wildman–Crippen LogP) is 5.14. The SMILES string of the molecule is CCOc1cccc(CNCCc2ccc(OC)cc2)c1OCc1ccccc1F. The molecule has 0 aliphatic heterocycles. The first-order chi connectivity index (χ1) is 14.7. The standard InChI is InChI=1S/C25H28FNO3/c1-3-29-24-10-6-8-20(25(24)30-18-21-7-4-5-9-23(21)26)17-27-16-15-19-11-13-22(28-2)14-12-19/h4-14,27H,3,15-18H2,1-2H3. The molecule has 158 valence electrons. The molecule has 3 aromatic rings. The molecule has 0 spiro atoms. The Balaban J connectivity index is 1.62. The highest BCUT2D eigenvalue weighted by Crippen LogP contribution is 2.32. The van der Waals surface area contributed by atoms with Crippen LogP contribution in [0.15, 0.2) is 66.7 Å². The molecule has 30 heavy (non-hydrogen) atoms. The smallest absolute Gasteiger partial charge is 0.166 e. The molecule has 1 N–H and O–H groups in total. The fourth-order valence-corrected chi connectivity index (χ4v) is 3.15. The minimum Gasteiger partial charge on any atom is -0.497 e. The lowest BCUT2D eigenvalue weighted by molar-refractivity contribution is 0.262. The van der Waals surface area contributed by atoms with Crippen molar-refractivity contribution in [2.45, 2.75) is 26.5 Å². The van der Waals surface area contributed by atoms with Crippen molar-refractivity contribution in [2.24, 2.45) is 0 Å². The lowest BCUT2D eigenvalue weighted by atomic mass is 10.1. The lowest BCUT2D eigenvalue weighted by Crippen LogP contribution is -2.17. The minimum absolute atomic E-state index is 0.148. The van der Waals surface area contributed by atoms with Crippen LogP contribution >= 0.6 is 0 Å². The van der Waals surface area contributed by atoms with Gasteiger partial charge in [-0.3, -0.25) is 0 Å². The Labute approximate surface area is 177 Å². The summed E-state index contributed by atoms with van der Waals surface area (Å²) in [5, 5.41) is 3.46. The Morgan fingerprint density at radius 1 is 0.867 bits per heavy atom. The molecule has 0 bridgehead atoms. The van der Waals surface area contributed by atoms with E-state index in [1.54, 1.807) is 25.3 Å².